The number of benzene rings is 3. The van der Waals surface area contributed by atoms with E-state index in [1.807, 2.05) is 73.7 Å². The molecule has 0 aliphatic heterocycles. The normalized spacial score (nSPS) is 10.7. The smallest absolute Gasteiger partial charge is 0.323 e. The van der Waals surface area contributed by atoms with Crippen LogP contribution in [0.3, 0.4) is 0 Å². The first-order chi connectivity index (χ1) is 13.1. The molecule has 5 N–H and O–H groups in total. The van der Waals surface area contributed by atoms with Gasteiger partial charge in [0.1, 0.15) is 0 Å². The summed E-state index contributed by atoms with van der Waals surface area (Å²) in [6.45, 7) is 1.98. The fourth-order valence-electron chi connectivity index (χ4n) is 3.05. The summed E-state index contributed by atoms with van der Waals surface area (Å²) in [6, 6.07) is 20.9. The van der Waals surface area contributed by atoms with Gasteiger partial charge in [0.25, 0.3) is 0 Å². The summed E-state index contributed by atoms with van der Waals surface area (Å²) in [6.07, 6.45) is 0. The molecule has 0 fully saturated rings. The van der Waals surface area contributed by atoms with Crippen LogP contribution in [-0.4, -0.2) is 16.2 Å². The molecule has 27 heavy (non-hydrogen) atoms. The molecule has 0 saturated carbocycles. The molecule has 6 heteroatoms. The van der Waals surface area contributed by atoms with Crippen molar-refractivity contribution in [3.8, 4) is 11.1 Å². The Morgan fingerprint density at radius 1 is 0.963 bits per heavy atom. The molecule has 1 heterocycles. The predicted molar refractivity (Wildman–Crippen MR) is 110 cm³/mol. The van der Waals surface area contributed by atoms with Gasteiger partial charge in [0, 0.05) is 22.3 Å². The number of carbonyl (C=O) groups is 1. The predicted octanol–water partition coefficient (Wildman–Crippen LogP) is 4.76. The Bertz CT molecular complexity index is 1120. The lowest BCUT2D eigenvalue weighted by molar-refractivity contribution is 0.262. The Kier molecular flexibility index (Phi) is 4.22. The number of aromatic amines is 1. The van der Waals surface area contributed by atoms with Gasteiger partial charge in [-0.1, -0.05) is 36.4 Å². The lowest BCUT2D eigenvalue weighted by Crippen LogP contribution is -2.19. The number of hydrogen-bond donors (Lipinski definition) is 4. The molecule has 0 spiro atoms. The molecule has 0 bridgehead atoms. The summed E-state index contributed by atoms with van der Waals surface area (Å²) in [7, 11) is 0. The highest BCUT2D eigenvalue weighted by Gasteiger charge is 2.09. The molecule has 0 aliphatic carbocycles. The van der Waals surface area contributed by atoms with Crippen molar-refractivity contribution in [2.75, 3.05) is 16.4 Å². The number of aromatic nitrogens is 2. The molecule has 2 amide bonds. The number of carbonyl (C=O) groups excluding carboxylic acids is 1. The van der Waals surface area contributed by atoms with Crippen LogP contribution in [0, 0.1) is 6.92 Å². The van der Waals surface area contributed by atoms with E-state index in [9.17, 15) is 4.79 Å². The summed E-state index contributed by atoms with van der Waals surface area (Å²) >= 11 is 0. The van der Waals surface area contributed by atoms with Crippen LogP contribution in [0.25, 0.3) is 22.0 Å². The van der Waals surface area contributed by atoms with Gasteiger partial charge in [-0.25, -0.2) is 4.79 Å². The average molecular weight is 357 g/mol. The molecule has 0 unspecified atom stereocenters. The van der Waals surface area contributed by atoms with Gasteiger partial charge in [-0.05, 0) is 48.4 Å². The molecule has 4 aromatic rings. The summed E-state index contributed by atoms with van der Waals surface area (Å²) in [4.78, 5) is 12.2. The number of nitrogens with zero attached hydrogens (tertiary/aromatic N) is 1. The molecule has 0 atom stereocenters. The van der Waals surface area contributed by atoms with Gasteiger partial charge in [-0.3, -0.25) is 5.10 Å². The van der Waals surface area contributed by atoms with Crippen molar-refractivity contribution in [1.82, 2.24) is 10.2 Å². The molecular formula is C21H19N5O. The first kappa shape index (κ1) is 16.7. The summed E-state index contributed by atoms with van der Waals surface area (Å²) in [5.74, 6) is 0.484. The van der Waals surface area contributed by atoms with Crippen LogP contribution in [0.1, 0.15) is 5.56 Å². The van der Waals surface area contributed by atoms with Crippen molar-refractivity contribution in [2.24, 2.45) is 0 Å². The number of hydrogen-bond acceptors (Lipinski definition) is 3. The fourth-order valence-corrected chi connectivity index (χ4v) is 3.05. The van der Waals surface area contributed by atoms with E-state index in [1.165, 1.54) is 0 Å². The zero-order chi connectivity index (χ0) is 18.8. The van der Waals surface area contributed by atoms with Crippen molar-refractivity contribution in [1.29, 1.82) is 0 Å². The fraction of sp³-hybridized carbons (Fsp3) is 0.0476. The van der Waals surface area contributed by atoms with E-state index in [0.29, 0.717) is 11.5 Å². The Labute approximate surface area is 156 Å². The quantitative estimate of drug-likeness (QED) is 0.425. The summed E-state index contributed by atoms with van der Waals surface area (Å²) in [5.41, 5.74) is 11.3. The number of nitrogen functional groups attached to an aromatic ring is 1. The molecule has 4 rings (SSSR count). The van der Waals surface area contributed by atoms with Crippen molar-refractivity contribution in [2.45, 2.75) is 6.92 Å². The molecule has 134 valence electrons. The number of amides is 2. The lowest BCUT2D eigenvalue weighted by atomic mass is 10.0. The van der Waals surface area contributed by atoms with E-state index in [4.69, 9.17) is 5.73 Å². The Morgan fingerprint density at radius 2 is 1.70 bits per heavy atom. The van der Waals surface area contributed by atoms with Gasteiger partial charge in [-0.15, -0.1) is 0 Å². The standard InChI is InChI=1S/C21H19N5O/c1-13-4-2-5-16(12-13)24-21(27)23-15-10-8-14(9-11-15)17-6-3-7-18-19(17)25-26-20(18)22/h2-12H,1H3,(H3,22,25,26)(H2,23,24,27). The largest absolute Gasteiger partial charge is 0.382 e. The number of urea groups is 1. The van der Waals surface area contributed by atoms with E-state index in [1.54, 1.807) is 0 Å². The average Bonchev–Trinajstić information content (AvgIpc) is 3.04. The van der Waals surface area contributed by atoms with Gasteiger partial charge in [0.05, 0.1) is 5.52 Å². The number of nitrogens with one attached hydrogen (secondary N) is 3. The third kappa shape index (κ3) is 3.46. The van der Waals surface area contributed by atoms with Crippen LogP contribution in [0.15, 0.2) is 66.7 Å². The maximum Gasteiger partial charge on any atom is 0.323 e. The van der Waals surface area contributed by atoms with Crippen LogP contribution in [0.2, 0.25) is 0 Å². The number of H-pyrrole nitrogens is 1. The first-order valence-corrected chi connectivity index (χ1v) is 8.58. The molecular weight excluding hydrogens is 338 g/mol. The van der Waals surface area contributed by atoms with Crippen LogP contribution < -0.4 is 16.4 Å². The topological polar surface area (TPSA) is 95.8 Å². The first-order valence-electron chi connectivity index (χ1n) is 8.58. The Hall–Kier alpha value is -3.80. The van der Waals surface area contributed by atoms with Gasteiger partial charge >= 0.3 is 6.03 Å². The second-order valence-electron chi connectivity index (χ2n) is 6.36. The van der Waals surface area contributed by atoms with Gasteiger partial charge in [0.15, 0.2) is 5.82 Å². The van der Waals surface area contributed by atoms with E-state index in [0.717, 1.165) is 33.3 Å². The monoisotopic (exact) mass is 357 g/mol. The zero-order valence-electron chi connectivity index (χ0n) is 14.8. The minimum Gasteiger partial charge on any atom is -0.382 e. The van der Waals surface area contributed by atoms with Crippen LogP contribution in [0.4, 0.5) is 22.0 Å². The van der Waals surface area contributed by atoms with Crippen LogP contribution in [-0.2, 0) is 0 Å². The minimum atomic E-state index is -0.281. The number of nitrogens with two attached hydrogens (primary N) is 1. The molecule has 1 aromatic heterocycles. The second kappa shape index (κ2) is 6.84. The number of anilines is 3. The van der Waals surface area contributed by atoms with Crippen LogP contribution >= 0.6 is 0 Å². The second-order valence-corrected chi connectivity index (χ2v) is 6.36. The zero-order valence-corrected chi connectivity index (χ0v) is 14.8. The number of para-hydroxylation sites is 1. The number of fused-ring (bicyclic) bond motifs is 1. The van der Waals surface area contributed by atoms with Crippen molar-refractivity contribution in [3.63, 3.8) is 0 Å². The van der Waals surface area contributed by atoms with Crippen LogP contribution in [0.5, 0.6) is 0 Å². The van der Waals surface area contributed by atoms with E-state index in [2.05, 4.69) is 20.8 Å². The van der Waals surface area contributed by atoms with Crippen molar-refractivity contribution >= 4 is 34.1 Å². The van der Waals surface area contributed by atoms with Crippen molar-refractivity contribution < 1.29 is 4.79 Å². The lowest BCUT2D eigenvalue weighted by Gasteiger charge is -2.09. The SMILES string of the molecule is Cc1cccc(NC(=O)Nc2ccc(-c3cccc4c(N)n[nH]c34)cc2)c1. The Balaban J connectivity index is 1.51. The summed E-state index contributed by atoms with van der Waals surface area (Å²) < 4.78 is 0. The number of rotatable bonds is 3. The maximum absolute atomic E-state index is 12.2. The van der Waals surface area contributed by atoms with Gasteiger partial charge in [0.2, 0.25) is 0 Å². The van der Waals surface area contributed by atoms with Crippen molar-refractivity contribution in [3.05, 3.63) is 72.3 Å². The highest BCUT2D eigenvalue weighted by atomic mass is 16.2. The number of aryl methyl sites for hydroxylation is 1. The molecule has 0 radical (unpaired) electrons. The van der Waals surface area contributed by atoms with Gasteiger partial charge < -0.3 is 16.4 Å². The highest BCUT2D eigenvalue weighted by Crippen LogP contribution is 2.30. The molecule has 3 aromatic carbocycles. The summed E-state index contributed by atoms with van der Waals surface area (Å²) in [5, 5.41) is 13.6. The maximum atomic E-state index is 12.2. The molecule has 0 saturated heterocycles. The third-order valence-corrected chi connectivity index (χ3v) is 4.36. The third-order valence-electron chi connectivity index (χ3n) is 4.36. The van der Waals surface area contributed by atoms with E-state index in [-0.39, 0.29) is 6.03 Å². The highest BCUT2D eigenvalue weighted by molar-refractivity contribution is 6.01. The van der Waals surface area contributed by atoms with E-state index < -0.39 is 0 Å². The van der Waals surface area contributed by atoms with Gasteiger partial charge in [-0.2, -0.15) is 5.10 Å². The Morgan fingerprint density at radius 3 is 2.48 bits per heavy atom. The minimum absolute atomic E-state index is 0.281. The van der Waals surface area contributed by atoms with E-state index >= 15 is 0 Å². The molecule has 0 aliphatic rings. The molecule has 6 nitrogen and oxygen atoms in total.